The van der Waals surface area contributed by atoms with Crippen molar-refractivity contribution in [3.8, 4) is 0 Å². The number of rotatable bonds is 5. The Balaban J connectivity index is 1.75. The molecule has 4 amide bonds. The zero-order chi connectivity index (χ0) is 27.1. The zero-order valence-electron chi connectivity index (χ0n) is 22.5. The lowest BCUT2D eigenvalue weighted by atomic mass is 9.40. The van der Waals surface area contributed by atoms with Gasteiger partial charge in [0.15, 0.2) is 0 Å². The van der Waals surface area contributed by atoms with Crippen LogP contribution in [0.1, 0.15) is 52.2 Å². The van der Waals surface area contributed by atoms with E-state index in [9.17, 15) is 19.2 Å². The summed E-state index contributed by atoms with van der Waals surface area (Å²) in [6.07, 6.45) is 0.471. The molecule has 3 fully saturated rings. The van der Waals surface area contributed by atoms with E-state index in [1.807, 2.05) is 95.3 Å². The second-order valence-electron chi connectivity index (χ2n) is 11.7. The summed E-state index contributed by atoms with van der Waals surface area (Å²) in [5.41, 5.74) is 2.81. The second kappa shape index (κ2) is 8.48. The third kappa shape index (κ3) is 2.89. The minimum Gasteiger partial charge on any atom is -0.280 e. The summed E-state index contributed by atoms with van der Waals surface area (Å²) in [5, 5.41) is 0. The summed E-state index contributed by atoms with van der Waals surface area (Å²) in [6, 6.07) is 19.3. The van der Waals surface area contributed by atoms with Crippen LogP contribution in [0.2, 0.25) is 0 Å². The highest BCUT2D eigenvalue weighted by molar-refractivity contribution is 6.17. The number of benzene rings is 2. The molecule has 1 saturated carbocycles. The van der Waals surface area contributed by atoms with Gasteiger partial charge in [-0.25, -0.2) is 0 Å². The Morgan fingerprint density at radius 2 is 1.05 bits per heavy atom. The normalized spacial score (nSPS) is 32.2. The summed E-state index contributed by atoms with van der Waals surface area (Å²) >= 11 is 0. The van der Waals surface area contributed by atoms with Gasteiger partial charge < -0.3 is 0 Å². The fourth-order valence-electron chi connectivity index (χ4n) is 8.36. The van der Waals surface area contributed by atoms with Crippen molar-refractivity contribution in [3.63, 3.8) is 0 Å². The van der Waals surface area contributed by atoms with E-state index in [0.717, 1.165) is 22.3 Å². The number of allylic oxidation sites excluding steroid dienone is 2. The minimum absolute atomic E-state index is 0.205. The molecule has 5 aliphatic rings. The topological polar surface area (TPSA) is 74.8 Å². The Labute approximate surface area is 223 Å². The Morgan fingerprint density at radius 3 is 1.45 bits per heavy atom. The fraction of sp³-hybridized carbons (Fsp3) is 0.438. The van der Waals surface area contributed by atoms with Crippen LogP contribution in [0.25, 0.3) is 11.1 Å². The van der Waals surface area contributed by atoms with Crippen LogP contribution in [0.4, 0.5) is 0 Å². The lowest BCUT2D eigenvalue weighted by molar-refractivity contribution is -0.146. The standard InChI is InChI=1S/C32H34N2O4/c1-6-32-25(20-15-11-8-12-16-20)21(19-13-9-7-10-14-19)22(23-26(32)30(37)33(17(2)3)28(23)35)24-27(32)31(38)34(18(4)5)29(24)36/h7-18,22-24,26-27H,6H2,1-5H3/t22?,23-,24-,26-,27+,32?/m1/s1. The summed E-state index contributed by atoms with van der Waals surface area (Å²) in [6.45, 7) is 9.44. The highest BCUT2D eigenvalue weighted by Crippen LogP contribution is 2.73. The smallest absolute Gasteiger partial charge is 0.234 e. The van der Waals surface area contributed by atoms with Gasteiger partial charge in [-0.3, -0.25) is 29.0 Å². The Hall–Kier alpha value is -3.54. The molecule has 0 spiro atoms. The van der Waals surface area contributed by atoms with Crippen molar-refractivity contribution in [2.75, 3.05) is 0 Å². The van der Waals surface area contributed by atoms with Gasteiger partial charge in [-0.2, -0.15) is 0 Å². The maximum absolute atomic E-state index is 14.2. The SMILES string of the molecule is CCC12C(c3ccccc3)=C(c3ccccc3)C([C@H]3C(=O)N(C(C)C)C(=O)[C@H]31)[C@H]1C(=O)N(C(C)C)C(=O)[C@@H]12. The molecule has 2 aliphatic heterocycles. The van der Waals surface area contributed by atoms with Crippen molar-refractivity contribution < 1.29 is 19.2 Å². The molecule has 7 rings (SSSR count). The number of likely N-dealkylation sites (tertiary alicyclic amines) is 2. The largest absolute Gasteiger partial charge is 0.280 e. The third-order valence-corrected chi connectivity index (χ3v) is 9.49. The predicted molar refractivity (Wildman–Crippen MR) is 144 cm³/mol. The molecular formula is C32H34N2O4. The molecule has 2 saturated heterocycles. The van der Waals surface area contributed by atoms with Gasteiger partial charge in [0.05, 0.1) is 23.7 Å². The molecule has 6 atom stereocenters. The molecule has 0 N–H and O–H groups in total. The van der Waals surface area contributed by atoms with Crippen LogP contribution in [0.15, 0.2) is 60.7 Å². The van der Waals surface area contributed by atoms with E-state index in [0.29, 0.717) is 6.42 Å². The molecule has 0 radical (unpaired) electrons. The number of imide groups is 2. The molecule has 2 unspecified atom stereocenters. The highest BCUT2D eigenvalue weighted by Gasteiger charge is 2.77. The van der Waals surface area contributed by atoms with E-state index in [4.69, 9.17) is 0 Å². The van der Waals surface area contributed by atoms with Crippen molar-refractivity contribution >= 4 is 34.8 Å². The fourth-order valence-corrected chi connectivity index (χ4v) is 8.36. The van der Waals surface area contributed by atoms with Crippen LogP contribution < -0.4 is 0 Å². The van der Waals surface area contributed by atoms with E-state index >= 15 is 0 Å². The van der Waals surface area contributed by atoms with E-state index in [-0.39, 0.29) is 35.7 Å². The van der Waals surface area contributed by atoms with E-state index in [1.54, 1.807) is 0 Å². The van der Waals surface area contributed by atoms with E-state index in [2.05, 4.69) is 0 Å². The number of carbonyl (C=O) groups is 4. The zero-order valence-corrected chi connectivity index (χ0v) is 22.5. The molecule has 6 nitrogen and oxygen atoms in total. The van der Waals surface area contributed by atoms with Gasteiger partial charge in [-0.1, -0.05) is 67.6 Å². The van der Waals surface area contributed by atoms with Crippen molar-refractivity contribution in [2.45, 2.75) is 53.1 Å². The first-order valence-corrected chi connectivity index (χ1v) is 13.8. The number of carbonyl (C=O) groups excluding carboxylic acids is 4. The maximum atomic E-state index is 14.2. The van der Waals surface area contributed by atoms with Crippen LogP contribution in [0, 0.1) is 35.0 Å². The average Bonchev–Trinajstić information content (AvgIpc) is 3.35. The van der Waals surface area contributed by atoms with E-state index < -0.39 is 35.0 Å². The first-order chi connectivity index (χ1) is 18.2. The van der Waals surface area contributed by atoms with Crippen LogP contribution in [-0.2, 0) is 19.2 Å². The minimum atomic E-state index is -0.983. The molecule has 2 aromatic rings. The number of hydrogen-bond donors (Lipinski definition) is 0. The van der Waals surface area contributed by atoms with Crippen LogP contribution in [0.5, 0.6) is 0 Å². The van der Waals surface area contributed by atoms with Gasteiger partial charge in [-0.05, 0) is 56.4 Å². The number of nitrogens with zero attached hydrogens (tertiary/aromatic N) is 2. The van der Waals surface area contributed by atoms with Gasteiger partial charge in [0.2, 0.25) is 23.6 Å². The Morgan fingerprint density at radius 1 is 0.632 bits per heavy atom. The highest BCUT2D eigenvalue weighted by atomic mass is 16.2. The Bertz CT molecular complexity index is 1320. The molecule has 3 aliphatic carbocycles. The number of amides is 4. The van der Waals surface area contributed by atoms with Crippen molar-refractivity contribution in [3.05, 3.63) is 71.8 Å². The quantitative estimate of drug-likeness (QED) is 0.549. The predicted octanol–water partition coefficient (Wildman–Crippen LogP) is 4.66. The van der Waals surface area contributed by atoms with Crippen molar-refractivity contribution in [1.82, 2.24) is 9.80 Å². The second-order valence-corrected chi connectivity index (χ2v) is 11.7. The molecule has 38 heavy (non-hydrogen) atoms. The molecule has 6 heteroatoms. The van der Waals surface area contributed by atoms with Crippen LogP contribution >= 0.6 is 0 Å². The van der Waals surface area contributed by atoms with Gasteiger partial charge in [-0.15, -0.1) is 0 Å². The molecule has 2 bridgehead atoms. The molecule has 0 aromatic heterocycles. The summed E-state index contributed by atoms with van der Waals surface area (Å²) in [7, 11) is 0. The van der Waals surface area contributed by atoms with Crippen LogP contribution in [-0.4, -0.2) is 45.5 Å². The van der Waals surface area contributed by atoms with Crippen molar-refractivity contribution in [1.29, 1.82) is 0 Å². The van der Waals surface area contributed by atoms with Gasteiger partial charge in [0.25, 0.3) is 0 Å². The van der Waals surface area contributed by atoms with Gasteiger partial charge in [0.1, 0.15) is 0 Å². The lowest BCUT2D eigenvalue weighted by Gasteiger charge is -2.59. The van der Waals surface area contributed by atoms with E-state index in [1.165, 1.54) is 9.80 Å². The lowest BCUT2D eigenvalue weighted by Crippen LogP contribution is -2.60. The molecular weight excluding hydrogens is 476 g/mol. The van der Waals surface area contributed by atoms with Crippen LogP contribution in [0.3, 0.4) is 0 Å². The van der Waals surface area contributed by atoms with Gasteiger partial charge >= 0.3 is 0 Å². The first-order valence-electron chi connectivity index (χ1n) is 13.8. The number of hydrogen-bond acceptors (Lipinski definition) is 4. The first kappa shape index (κ1) is 24.8. The Kier molecular flexibility index (Phi) is 5.53. The summed E-state index contributed by atoms with van der Waals surface area (Å²) in [5.74, 6) is -4.08. The third-order valence-electron chi connectivity index (χ3n) is 9.49. The molecule has 2 aromatic carbocycles. The summed E-state index contributed by atoms with van der Waals surface area (Å²) in [4.78, 5) is 59.5. The monoisotopic (exact) mass is 510 g/mol. The average molecular weight is 511 g/mol. The molecule has 2 heterocycles. The summed E-state index contributed by atoms with van der Waals surface area (Å²) < 4.78 is 0. The van der Waals surface area contributed by atoms with Gasteiger partial charge in [0, 0.05) is 23.4 Å². The maximum Gasteiger partial charge on any atom is 0.234 e. The molecule has 196 valence electrons. The van der Waals surface area contributed by atoms with Crippen molar-refractivity contribution in [2.24, 2.45) is 35.0 Å².